The van der Waals surface area contributed by atoms with Crippen molar-refractivity contribution < 1.29 is 14.3 Å². The van der Waals surface area contributed by atoms with Crippen LogP contribution < -0.4 is 10.1 Å². The average Bonchev–Trinajstić information content (AvgIpc) is 3.30. The van der Waals surface area contributed by atoms with Crippen LogP contribution in [0.5, 0.6) is 5.75 Å². The molecule has 0 bridgehead atoms. The van der Waals surface area contributed by atoms with Crippen LogP contribution in [-0.2, 0) is 11.3 Å². The van der Waals surface area contributed by atoms with Crippen LogP contribution in [0, 0.1) is 0 Å². The summed E-state index contributed by atoms with van der Waals surface area (Å²) in [5.41, 5.74) is 3.04. The Kier molecular flexibility index (Phi) is 9.67. The Hall–Kier alpha value is -3.38. The smallest absolute Gasteiger partial charge is 0.228 e. The highest BCUT2D eigenvalue weighted by Crippen LogP contribution is 2.24. The van der Waals surface area contributed by atoms with E-state index in [0.717, 1.165) is 36.6 Å². The first-order chi connectivity index (χ1) is 17.0. The highest BCUT2D eigenvalue weighted by atomic mass is 16.5. The maximum Gasteiger partial charge on any atom is 0.228 e. The zero-order chi connectivity index (χ0) is 25.2. The third-order valence-electron chi connectivity index (χ3n) is 6.32. The number of carbonyl (C=O) groups is 2. The maximum absolute atomic E-state index is 13.5. The quantitative estimate of drug-likeness (QED) is 0.363. The van der Waals surface area contributed by atoms with Gasteiger partial charge in [0.05, 0.1) is 18.2 Å². The summed E-state index contributed by atoms with van der Waals surface area (Å²) in [6.45, 7) is 12.5. The zero-order valence-corrected chi connectivity index (χ0v) is 21.3. The molecule has 3 rings (SSSR count). The first-order valence-electron chi connectivity index (χ1n) is 12.5. The Morgan fingerprint density at radius 3 is 2.26 bits per heavy atom. The van der Waals surface area contributed by atoms with Crippen LogP contribution >= 0.6 is 0 Å². The molecule has 0 radical (unpaired) electrons. The van der Waals surface area contributed by atoms with E-state index >= 15 is 0 Å². The van der Waals surface area contributed by atoms with Gasteiger partial charge in [0, 0.05) is 30.9 Å². The molecule has 0 aliphatic heterocycles. The molecule has 6 nitrogen and oxygen atoms in total. The number of nitrogens with one attached hydrogen (secondary N) is 1. The fourth-order valence-corrected chi connectivity index (χ4v) is 4.18. The summed E-state index contributed by atoms with van der Waals surface area (Å²) in [5, 5.41) is 3.07. The maximum atomic E-state index is 13.5. The molecule has 1 heterocycles. The lowest BCUT2D eigenvalue weighted by Crippen LogP contribution is -2.37. The number of carbonyl (C=O) groups excluding carboxylic acids is 2. The van der Waals surface area contributed by atoms with Gasteiger partial charge in [0.1, 0.15) is 5.75 Å². The second-order valence-electron chi connectivity index (χ2n) is 8.54. The van der Waals surface area contributed by atoms with Crippen LogP contribution in [0.25, 0.3) is 0 Å². The van der Waals surface area contributed by atoms with E-state index in [1.54, 1.807) is 12.1 Å². The van der Waals surface area contributed by atoms with Crippen molar-refractivity contribution in [2.75, 3.05) is 32.8 Å². The molecule has 186 valence electrons. The van der Waals surface area contributed by atoms with Gasteiger partial charge in [-0.05, 0) is 68.9 Å². The molecule has 1 atom stereocenters. The molecule has 1 amide bonds. The van der Waals surface area contributed by atoms with Crippen molar-refractivity contribution in [3.8, 4) is 5.75 Å². The van der Waals surface area contributed by atoms with Gasteiger partial charge in [-0.2, -0.15) is 0 Å². The van der Waals surface area contributed by atoms with E-state index in [2.05, 4.69) is 24.1 Å². The highest BCUT2D eigenvalue weighted by molar-refractivity contribution is 6.08. The lowest BCUT2D eigenvalue weighted by atomic mass is 10.1. The molecule has 0 aliphatic carbocycles. The van der Waals surface area contributed by atoms with Crippen LogP contribution in [0.2, 0.25) is 0 Å². The van der Waals surface area contributed by atoms with Gasteiger partial charge < -0.3 is 19.5 Å². The molecule has 1 N–H and O–H groups in total. The second-order valence-corrected chi connectivity index (χ2v) is 8.54. The number of hydrogen-bond donors (Lipinski definition) is 1. The fourth-order valence-electron chi connectivity index (χ4n) is 4.18. The number of aromatic nitrogens is 1. The van der Waals surface area contributed by atoms with E-state index in [0.29, 0.717) is 31.0 Å². The Bertz CT molecular complexity index is 1090. The second kappa shape index (κ2) is 12.9. The molecule has 0 aliphatic rings. The Morgan fingerprint density at radius 1 is 0.943 bits per heavy atom. The van der Waals surface area contributed by atoms with Gasteiger partial charge in [-0.3, -0.25) is 9.59 Å². The minimum absolute atomic E-state index is 0.0374. The number of ether oxygens (including phenoxy) is 1. The number of benzene rings is 2. The van der Waals surface area contributed by atoms with Gasteiger partial charge in [0.25, 0.3) is 0 Å². The SMILES string of the molecule is CCOc1ccc(C(=O)c2ccc(C(C)C(=O)NCCN(CC)CC)n2Cc2ccccc2)cc1. The van der Waals surface area contributed by atoms with Gasteiger partial charge in [0.15, 0.2) is 0 Å². The van der Waals surface area contributed by atoms with Crippen LogP contribution in [-0.4, -0.2) is 53.9 Å². The average molecular weight is 476 g/mol. The van der Waals surface area contributed by atoms with E-state index in [9.17, 15) is 9.59 Å². The third kappa shape index (κ3) is 6.83. The monoisotopic (exact) mass is 475 g/mol. The standard InChI is InChI=1S/C29H37N3O3/c1-5-31(6-2)20-19-30-29(34)22(4)26-17-18-27(32(26)21-23-11-9-8-10-12-23)28(33)24-13-15-25(16-14-24)35-7-3/h8-18,22H,5-7,19-21H2,1-4H3,(H,30,34). The lowest BCUT2D eigenvalue weighted by Gasteiger charge is -2.20. The van der Waals surface area contributed by atoms with Crippen LogP contribution in [0.1, 0.15) is 60.9 Å². The van der Waals surface area contributed by atoms with Gasteiger partial charge in [-0.1, -0.05) is 44.2 Å². The number of rotatable bonds is 13. The number of ketones is 1. The summed E-state index contributed by atoms with van der Waals surface area (Å²) in [5.74, 6) is 0.228. The summed E-state index contributed by atoms with van der Waals surface area (Å²) in [4.78, 5) is 28.8. The van der Waals surface area contributed by atoms with Gasteiger partial charge in [-0.25, -0.2) is 0 Å². The van der Waals surface area contributed by atoms with Gasteiger partial charge >= 0.3 is 0 Å². The fraction of sp³-hybridized carbons (Fsp3) is 0.379. The molecule has 0 saturated carbocycles. The summed E-state index contributed by atoms with van der Waals surface area (Å²) in [6.07, 6.45) is 0. The van der Waals surface area contributed by atoms with E-state index in [1.165, 1.54) is 0 Å². The number of nitrogens with zero attached hydrogens (tertiary/aromatic N) is 2. The molecule has 2 aromatic carbocycles. The normalized spacial score (nSPS) is 11.9. The number of likely N-dealkylation sites (N-methyl/N-ethyl adjacent to an activating group) is 1. The van der Waals surface area contributed by atoms with Crippen molar-refractivity contribution >= 4 is 11.7 Å². The van der Waals surface area contributed by atoms with E-state index < -0.39 is 5.92 Å². The molecular formula is C29H37N3O3. The minimum atomic E-state index is -0.391. The van der Waals surface area contributed by atoms with Crippen LogP contribution in [0.4, 0.5) is 0 Å². The number of amides is 1. The van der Waals surface area contributed by atoms with Crippen molar-refractivity contribution in [2.45, 2.75) is 40.2 Å². The molecule has 35 heavy (non-hydrogen) atoms. The van der Waals surface area contributed by atoms with Crippen molar-refractivity contribution in [3.63, 3.8) is 0 Å². The highest BCUT2D eigenvalue weighted by Gasteiger charge is 2.24. The van der Waals surface area contributed by atoms with Gasteiger partial charge in [-0.15, -0.1) is 0 Å². The molecular weight excluding hydrogens is 438 g/mol. The Balaban J connectivity index is 1.86. The van der Waals surface area contributed by atoms with E-state index in [4.69, 9.17) is 4.74 Å². The molecule has 3 aromatic rings. The summed E-state index contributed by atoms with van der Waals surface area (Å²) < 4.78 is 7.48. The minimum Gasteiger partial charge on any atom is -0.494 e. The first kappa shape index (κ1) is 26.2. The first-order valence-corrected chi connectivity index (χ1v) is 12.5. The Labute approximate surface area is 208 Å². The number of hydrogen-bond acceptors (Lipinski definition) is 4. The van der Waals surface area contributed by atoms with Crippen molar-refractivity contribution in [3.05, 3.63) is 89.2 Å². The predicted octanol–water partition coefficient (Wildman–Crippen LogP) is 4.73. The molecule has 0 fully saturated rings. The Morgan fingerprint density at radius 2 is 1.63 bits per heavy atom. The topological polar surface area (TPSA) is 63.6 Å². The molecule has 1 unspecified atom stereocenters. The van der Waals surface area contributed by atoms with Crippen LogP contribution in [0.15, 0.2) is 66.7 Å². The zero-order valence-electron chi connectivity index (χ0n) is 21.3. The largest absolute Gasteiger partial charge is 0.494 e. The molecule has 6 heteroatoms. The van der Waals surface area contributed by atoms with E-state index in [-0.39, 0.29) is 11.7 Å². The molecule has 1 aromatic heterocycles. The molecule has 0 saturated heterocycles. The third-order valence-corrected chi connectivity index (χ3v) is 6.32. The van der Waals surface area contributed by atoms with Crippen molar-refractivity contribution in [1.82, 2.24) is 14.8 Å². The lowest BCUT2D eigenvalue weighted by molar-refractivity contribution is -0.122. The molecule has 0 spiro atoms. The summed E-state index contributed by atoms with van der Waals surface area (Å²) in [6, 6.07) is 20.9. The van der Waals surface area contributed by atoms with Crippen molar-refractivity contribution in [2.24, 2.45) is 0 Å². The summed E-state index contributed by atoms with van der Waals surface area (Å²) >= 11 is 0. The predicted molar refractivity (Wildman–Crippen MR) is 140 cm³/mol. The van der Waals surface area contributed by atoms with E-state index in [1.807, 2.05) is 73.0 Å². The van der Waals surface area contributed by atoms with Crippen molar-refractivity contribution in [1.29, 1.82) is 0 Å². The van der Waals surface area contributed by atoms with Gasteiger partial charge in [0.2, 0.25) is 11.7 Å². The van der Waals surface area contributed by atoms with Crippen LogP contribution in [0.3, 0.4) is 0 Å². The summed E-state index contributed by atoms with van der Waals surface area (Å²) in [7, 11) is 0.